The minimum absolute atomic E-state index is 0.104. The number of nitrogen functional groups attached to an aromatic ring is 1. The fourth-order valence-electron chi connectivity index (χ4n) is 1.29. The standard InChI is InChI=1S/C9H9N3.H4N2/c10-9(11)7-5-12-8-4-2-1-3-6(7)8;1-2/h1-5,12H,(H3,10,11);1-2H2. The topological polar surface area (TPSA) is 118 Å². The van der Waals surface area contributed by atoms with Gasteiger partial charge in [0.15, 0.2) is 0 Å². The molecule has 0 unspecified atom stereocenters. The summed E-state index contributed by atoms with van der Waals surface area (Å²) in [6.45, 7) is 0. The third-order valence-electron chi connectivity index (χ3n) is 1.88. The molecule has 0 fully saturated rings. The van der Waals surface area contributed by atoms with Crippen LogP contribution >= 0.6 is 0 Å². The Morgan fingerprint density at radius 1 is 1.21 bits per heavy atom. The van der Waals surface area contributed by atoms with E-state index in [1.165, 1.54) is 0 Å². The highest BCUT2D eigenvalue weighted by molar-refractivity contribution is 6.07. The monoisotopic (exact) mass is 191 g/mol. The van der Waals surface area contributed by atoms with Crippen molar-refractivity contribution in [3.05, 3.63) is 36.0 Å². The molecule has 5 heteroatoms. The van der Waals surface area contributed by atoms with E-state index in [0.717, 1.165) is 16.5 Å². The minimum atomic E-state index is 0.104. The molecule has 2 rings (SSSR count). The maximum absolute atomic E-state index is 7.29. The van der Waals surface area contributed by atoms with E-state index in [2.05, 4.69) is 16.7 Å². The maximum atomic E-state index is 7.29. The lowest BCUT2D eigenvalue weighted by atomic mass is 10.2. The molecule has 0 aliphatic rings. The van der Waals surface area contributed by atoms with E-state index < -0.39 is 0 Å². The Balaban J connectivity index is 0.000000461. The minimum Gasteiger partial charge on any atom is -0.384 e. The van der Waals surface area contributed by atoms with Crippen molar-refractivity contribution >= 4 is 16.7 Å². The molecule has 0 aliphatic carbocycles. The number of amidine groups is 1. The van der Waals surface area contributed by atoms with E-state index >= 15 is 0 Å². The summed E-state index contributed by atoms with van der Waals surface area (Å²) in [4.78, 5) is 3.05. The van der Waals surface area contributed by atoms with Gasteiger partial charge < -0.3 is 10.7 Å². The molecule has 0 bridgehead atoms. The predicted octanol–water partition coefficient (Wildman–Crippen LogP) is 0.271. The molecule has 5 nitrogen and oxygen atoms in total. The lowest BCUT2D eigenvalue weighted by Gasteiger charge is -1.92. The lowest BCUT2D eigenvalue weighted by molar-refractivity contribution is 1.26. The van der Waals surface area contributed by atoms with Crippen molar-refractivity contribution in [2.24, 2.45) is 17.4 Å². The van der Waals surface area contributed by atoms with E-state index in [1.54, 1.807) is 6.20 Å². The number of nitrogens with one attached hydrogen (secondary N) is 2. The molecule has 1 aromatic carbocycles. The smallest absolute Gasteiger partial charge is 0.124 e. The van der Waals surface area contributed by atoms with E-state index in [9.17, 15) is 0 Å². The Hall–Kier alpha value is -1.85. The van der Waals surface area contributed by atoms with Crippen molar-refractivity contribution in [1.82, 2.24) is 4.98 Å². The molecule has 1 heterocycles. The van der Waals surface area contributed by atoms with Gasteiger partial charge in [-0.05, 0) is 6.07 Å². The number of H-pyrrole nitrogens is 1. The van der Waals surface area contributed by atoms with Gasteiger partial charge >= 0.3 is 0 Å². The van der Waals surface area contributed by atoms with Crippen LogP contribution in [0.2, 0.25) is 0 Å². The van der Waals surface area contributed by atoms with Gasteiger partial charge in [-0.25, -0.2) is 0 Å². The Labute approximate surface area is 81.4 Å². The number of hydrogen-bond acceptors (Lipinski definition) is 3. The van der Waals surface area contributed by atoms with Crippen molar-refractivity contribution in [3.63, 3.8) is 0 Å². The third-order valence-corrected chi connectivity index (χ3v) is 1.88. The second-order valence-corrected chi connectivity index (χ2v) is 2.66. The number of hydrazine groups is 1. The number of fused-ring (bicyclic) bond motifs is 1. The van der Waals surface area contributed by atoms with Gasteiger partial charge in [0.2, 0.25) is 0 Å². The molecule has 8 N–H and O–H groups in total. The van der Waals surface area contributed by atoms with Crippen molar-refractivity contribution in [2.45, 2.75) is 0 Å². The van der Waals surface area contributed by atoms with Crippen molar-refractivity contribution in [1.29, 1.82) is 5.41 Å². The number of nitrogens with two attached hydrogens (primary N) is 3. The van der Waals surface area contributed by atoms with Gasteiger partial charge in [-0.3, -0.25) is 17.1 Å². The van der Waals surface area contributed by atoms with Crippen molar-refractivity contribution in [2.75, 3.05) is 0 Å². The highest BCUT2D eigenvalue weighted by Crippen LogP contribution is 2.16. The van der Waals surface area contributed by atoms with Gasteiger partial charge in [0, 0.05) is 22.7 Å². The zero-order chi connectivity index (χ0) is 10.6. The molecule has 0 spiro atoms. The second-order valence-electron chi connectivity index (χ2n) is 2.66. The molecule has 1 aromatic heterocycles. The fraction of sp³-hybridized carbons (Fsp3) is 0. The molecule has 0 amide bonds. The van der Waals surface area contributed by atoms with Crippen LogP contribution in [0, 0.1) is 5.41 Å². The molecule has 0 saturated heterocycles. The van der Waals surface area contributed by atoms with Crippen LogP contribution in [-0.2, 0) is 0 Å². The second kappa shape index (κ2) is 4.40. The first kappa shape index (κ1) is 10.2. The average Bonchev–Trinajstić information content (AvgIpc) is 2.64. The van der Waals surface area contributed by atoms with Gasteiger partial charge in [0.1, 0.15) is 5.84 Å². The van der Waals surface area contributed by atoms with Gasteiger partial charge in [0.25, 0.3) is 0 Å². The molecule has 2 aromatic rings. The third kappa shape index (κ3) is 1.73. The fourth-order valence-corrected chi connectivity index (χ4v) is 1.29. The van der Waals surface area contributed by atoms with Gasteiger partial charge in [0.05, 0.1) is 0 Å². The van der Waals surface area contributed by atoms with Gasteiger partial charge in [-0.1, -0.05) is 18.2 Å². The van der Waals surface area contributed by atoms with E-state index in [-0.39, 0.29) is 5.84 Å². The Morgan fingerprint density at radius 2 is 1.86 bits per heavy atom. The van der Waals surface area contributed by atoms with Crippen LogP contribution in [0.1, 0.15) is 5.56 Å². The molecule has 14 heavy (non-hydrogen) atoms. The summed E-state index contributed by atoms with van der Waals surface area (Å²) in [6.07, 6.45) is 1.76. The van der Waals surface area contributed by atoms with Crippen LogP contribution in [0.3, 0.4) is 0 Å². The van der Waals surface area contributed by atoms with Crippen LogP contribution in [0.25, 0.3) is 10.9 Å². The first-order valence-corrected chi connectivity index (χ1v) is 4.03. The summed E-state index contributed by atoms with van der Waals surface area (Å²) in [5.74, 6) is 8.10. The molecular weight excluding hydrogens is 178 g/mol. The summed E-state index contributed by atoms with van der Waals surface area (Å²) in [7, 11) is 0. The highest BCUT2D eigenvalue weighted by atomic mass is 15.0. The first-order chi connectivity index (χ1) is 6.79. The zero-order valence-corrected chi connectivity index (χ0v) is 7.62. The largest absolute Gasteiger partial charge is 0.384 e. The maximum Gasteiger partial charge on any atom is 0.124 e. The Morgan fingerprint density at radius 3 is 2.50 bits per heavy atom. The van der Waals surface area contributed by atoms with Crippen molar-refractivity contribution < 1.29 is 0 Å². The van der Waals surface area contributed by atoms with Gasteiger partial charge in [-0.2, -0.15) is 0 Å². The molecule has 74 valence electrons. The Kier molecular flexibility index (Phi) is 3.22. The number of rotatable bonds is 1. The van der Waals surface area contributed by atoms with Crippen LogP contribution in [0.4, 0.5) is 0 Å². The summed E-state index contributed by atoms with van der Waals surface area (Å²) >= 11 is 0. The summed E-state index contributed by atoms with van der Waals surface area (Å²) in [5.41, 5.74) is 7.17. The zero-order valence-electron chi connectivity index (χ0n) is 7.62. The number of para-hydroxylation sites is 1. The summed E-state index contributed by atoms with van der Waals surface area (Å²) in [5, 5.41) is 8.30. The van der Waals surface area contributed by atoms with Crippen LogP contribution < -0.4 is 17.4 Å². The van der Waals surface area contributed by atoms with Crippen molar-refractivity contribution in [3.8, 4) is 0 Å². The number of aromatic amines is 1. The Bertz CT molecular complexity index is 431. The lowest BCUT2D eigenvalue weighted by Crippen LogP contribution is -2.09. The summed E-state index contributed by atoms with van der Waals surface area (Å²) < 4.78 is 0. The predicted molar refractivity (Wildman–Crippen MR) is 57.7 cm³/mol. The normalized spacial score (nSPS) is 9.29. The highest BCUT2D eigenvalue weighted by Gasteiger charge is 2.03. The molecule has 0 radical (unpaired) electrons. The molecule has 0 atom stereocenters. The van der Waals surface area contributed by atoms with Crippen LogP contribution in [-0.4, -0.2) is 10.8 Å². The van der Waals surface area contributed by atoms with Crippen LogP contribution in [0.15, 0.2) is 30.5 Å². The molecule has 0 saturated carbocycles. The number of hydrogen-bond donors (Lipinski definition) is 5. The number of aromatic nitrogens is 1. The first-order valence-electron chi connectivity index (χ1n) is 4.03. The molecular formula is C9H13N5. The van der Waals surface area contributed by atoms with E-state index in [4.69, 9.17) is 11.1 Å². The SMILES string of the molecule is N=C(N)c1c[nH]c2ccccc12.NN. The van der Waals surface area contributed by atoms with E-state index in [0.29, 0.717) is 0 Å². The quantitative estimate of drug-likeness (QED) is 0.193. The average molecular weight is 191 g/mol. The van der Waals surface area contributed by atoms with E-state index in [1.807, 2.05) is 24.3 Å². The van der Waals surface area contributed by atoms with Crippen LogP contribution in [0.5, 0.6) is 0 Å². The molecule has 0 aliphatic heterocycles. The number of benzene rings is 1. The van der Waals surface area contributed by atoms with Gasteiger partial charge in [-0.15, -0.1) is 0 Å². The summed E-state index contributed by atoms with van der Waals surface area (Å²) in [6, 6.07) is 7.79.